The number of methoxy groups -OCH3 is 1. The van der Waals surface area contributed by atoms with E-state index in [-0.39, 0.29) is 0 Å². The van der Waals surface area contributed by atoms with Crippen LogP contribution in [0.2, 0.25) is 0 Å². The first-order chi connectivity index (χ1) is 16.2. The molecule has 0 bridgehead atoms. The summed E-state index contributed by atoms with van der Waals surface area (Å²) in [6.07, 6.45) is 5.84. The van der Waals surface area contributed by atoms with Gasteiger partial charge < -0.3 is 9.30 Å². The summed E-state index contributed by atoms with van der Waals surface area (Å²) < 4.78 is 7.41. The smallest absolute Gasteiger partial charge is 0.189 e. The van der Waals surface area contributed by atoms with Crippen LogP contribution >= 0.6 is 11.8 Å². The maximum absolute atomic E-state index is 11.0. The fraction of sp³-hybridized carbons (Fsp3) is 0.0769. The largest absolute Gasteiger partial charge is 0.497 e. The predicted molar refractivity (Wildman–Crippen MR) is 134 cm³/mol. The van der Waals surface area contributed by atoms with Gasteiger partial charge in [-0.1, -0.05) is 48.2 Å². The molecule has 0 aliphatic heterocycles. The predicted octanol–water partition coefficient (Wildman–Crippen LogP) is 6.88. The van der Waals surface area contributed by atoms with Crippen LogP contribution in [0, 0.1) is 4.91 Å². The van der Waals surface area contributed by atoms with Crippen molar-refractivity contribution in [1.82, 2.24) is 14.5 Å². The molecule has 0 N–H and O–H groups in total. The summed E-state index contributed by atoms with van der Waals surface area (Å²) in [5, 5.41) is 4.88. The lowest BCUT2D eigenvalue weighted by molar-refractivity contribution is 0.415. The lowest BCUT2D eigenvalue weighted by Crippen LogP contribution is -1.98. The van der Waals surface area contributed by atoms with Crippen LogP contribution in [0.5, 0.6) is 5.75 Å². The number of fused-ring (bicyclic) bond motifs is 1. The van der Waals surface area contributed by atoms with E-state index in [2.05, 4.69) is 51.3 Å². The molecular weight excluding hydrogens is 432 g/mol. The van der Waals surface area contributed by atoms with Crippen molar-refractivity contribution in [3.8, 4) is 33.8 Å². The highest BCUT2D eigenvalue weighted by atomic mass is 32.2. The third-order valence-electron chi connectivity index (χ3n) is 5.54. The first kappa shape index (κ1) is 20.9. The summed E-state index contributed by atoms with van der Waals surface area (Å²) in [7, 11) is 1.66. The molecule has 0 amide bonds. The number of benzene rings is 3. The number of ether oxygens (including phenoxy) is 1. The van der Waals surface area contributed by atoms with Crippen molar-refractivity contribution in [1.29, 1.82) is 0 Å². The van der Waals surface area contributed by atoms with Gasteiger partial charge in [0.1, 0.15) is 17.3 Å². The van der Waals surface area contributed by atoms with E-state index in [0.29, 0.717) is 10.8 Å². The van der Waals surface area contributed by atoms with E-state index in [4.69, 9.17) is 9.72 Å². The zero-order valence-corrected chi connectivity index (χ0v) is 18.9. The second-order valence-electron chi connectivity index (χ2n) is 7.42. The zero-order valence-electron chi connectivity index (χ0n) is 18.1. The zero-order chi connectivity index (χ0) is 22.8. The monoisotopic (exact) mass is 452 g/mol. The minimum absolute atomic E-state index is 0.405. The number of nitrogens with zero attached hydrogens (tertiary/aromatic N) is 4. The molecule has 0 aliphatic carbocycles. The number of thioether (sulfide) groups is 1. The Morgan fingerprint density at radius 3 is 2.48 bits per heavy atom. The van der Waals surface area contributed by atoms with E-state index in [0.717, 1.165) is 44.7 Å². The Hall–Kier alpha value is -3.97. The number of aromatic nitrogens is 3. The molecule has 0 spiro atoms. The summed E-state index contributed by atoms with van der Waals surface area (Å²) in [5.74, 6) is 1.61. The Morgan fingerprint density at radius 1 is 0.939 bits per heavy atom. The standard InChI is InChI=1S/C26H20N4O2S/c1-32-21-9-6-17(7-10-21)23-16-30(25-12-13-27-26(28-25)33-2)24-15-19(8-11-22(23)24)18-4-3-5-20(14-18)29-31/h3-16H,1-2H3. The third-order valence-corrected chi connectivity index (χ3v) is 6.10. The summed E-state index contributed by atoms with van der Waals surface area (Å²) in [4.78, 5) is 20.1. The van der Waals surface area contributed by atoms with Crippen LogP contribution < -0.4 is 4.74 Å². The number of nitroso groups, excluding NO2 is 1. The lowest BCUT2D eigenvalue weighted by Gasteiger charge is -2.07. The molecule has 5 aromatic rings. The molecular formula is C26H20N4O2S. The first-order valence-electron chi connectivity index (χ1n) is 10.3. The quantitative estimate of drug-likeness (QED) is 0.159. The minimum Gasteiger partial charge on any atom is -0.497 e. The van der Waals surface area contributed by atoms with Crippen LogP contribution in [-0.2, 0) is 0 Å². The van der Waals surface area contributed by atoms with E-state index < -0.39 is 0 Å². The molecule has 0 atom stereocenters. The van der Waals surface area contributed by atoms with Crippen LogP contribution in [0.4, 0.5) is 5.69 Å². The summed E-state index contributed by atoms with van der Waals surface area (Å²) >= 11 is 1.50. The van der Waals surface area contributed by atoms with Crippen LogP contribution in [0.1, 0.15) is 0 Å². The molecule has 3 aromatic carbocycles. The fourth-order valence-corrected chi connectivity index (χ4v) is 4.25. The minimum atomic E-state index is 0.405. The number of hydrogen-bond donors (Lipinski definition) is 0. The molecule has 162 valence electrons. The Balaban J connectivity index is 1.73. The number of rotatable bonds is 6. The summed E-state index contributed by atoms with van der Waals surface area (Å²) in [6, 6.07) is 23.5. The molecule has 7 heteroatoms. The van der Waals surface area contributed by atoms with Crippen LogP contribution in [0.25, 0.3) is 39.0 Å². The molecule has 0 unspecified atom stereocenters. The van der Waals surface area contributed by atoms with E-state index in [1.54, 1.807) is 25.4 Å². The first-order valence-corrected chi connectivity index (χ1v) is 11.5. The average molecular weight is 453 g/mol. The maximum Gasteiger partial charge on any atom is 0.189 e. The van der Waals surface area contributed by atoms with Gasteiger partial charge in [-0.25, -0.2) is 9.97 Å². The van der Waals surface area contributed by atoms with Gasteiger partial charge in [0.2, 0.25) is 0 Å². The van der Waals surface area contributed by atoms with Crippen molar-refractivity contribution in [3.63, 3.8) is 0 Å². The van der Waals surface area contributed by atoms with Crippen LogP contribution in [-0.4, -0.2) is 27.9 Å². The van der Waals surface area contributed by atoms with Gasteiger partial charge in [0.25, 0.3) is 0 Å². The molecule has 5 rings (SSSR count). The van der Waals surface area contributed by atoms with Crippen molar-refractivity contribution in [3.05, 3.63) is 90.1 Å². The van der Waals surface area contributed by atoms with Crippen molar-refractivity contribution in [2.75, 3.05) is 13.4 Å². The lowest BCUT2D eigenvalue weighted by atomic mass is 10.0. The topological polar surface area (TPSA) is 69.4 Å². The normalized spacial score (nSPS) is 11.0. The van der Waals surface area contributed by atoms with Crippen molar-refractivity contribution < 1.29 is 4.74 Å². The van der Waals surface area contributed by atoms with Crippen molar-refractivity contribution >= 4 is 28.4 Å². The van der Waals surface area contributed by atoms with Gasteiger partial charge in [-0.05, 0) is 64.5 Å². The van der Waals surface area contributed by atoms with Gasteiger partial charge >= 0.3 is 0 Å². The van der Waals surface area contributed by atoms with Gasteiger partial charge in [-0.2, -0.15) is 0 Å². The van der Waals surface area contributed by atoms with Crippen molar-refractivity contribution in [2.45, 2.75) is 5.16 Å². The van der Waals surface area contributed by atoms with E-state index in [1.807, 2.05) is 36.6 Å². The number of hydrogen-bond acceptors (Lipinski definition) is 6. The van der Waals surface area contributed by atoms with E-state index >= 15 is 0 Å². The Bertz CT molecular complexity index is 1460. The Morgan fingerprint density at radius 2 is 1.73 bits per heavy atom. The summed E-state index contributed by atoms with van der Waals surface area (Å²) in [6.45, 7) is 0. The molecule has 0 saturated carbocycles. The maximum atomic E-state index is 11.0. The van der Waals surface area contributed by atoms with Gasteiger partial charge in [-0.15, -0.1) is 4.91 Å². The molecule has 2 heterocycles. The second-order valence-corrected chi connectivity index (χ2v) is 8.19. The van der Waals surface area contributed by atoms with Gasteiger partial charge in [-0.3, -0.25) is 0 Å². The molecule has 0 radical (unpaired) electrons. The Kier molecular flexibility index (Phi) is 5.62. The molecule has 0 saturated heterocycles. The molecule has 0 fully saturated rings. The fourth-order valence-electron chi connectivity index (χ4n) is 3.90. The van der Waals surface area contributed by atoms with Crippen molar-refractivity contribution in [2.24, 2.45) is 5.18 Å². The molecule has 6 nitrogen and oxygen atoms in total. The second kappa shape index (κ2) is 8.88. The van der Waals surface area contributed by atoms with E-state index in [9.17, 15) is 4.91 Å². The van der Waals surface area contributed by atoms with Gasteiger partial charge in [0, 0.05) is 23.3 Å². The molecule has 2 aromatic heterocycles. The average Bonchev–Trinajstić information content (AvgIpc) is 3.27. The van der Waals surface area contributed by atoms with E-state index in [1.165, 1.54) is 11.8 Å². The van der Waals surface area contributed by atoms with Crippen LogP contribution in [0.3, 0.4) is 0 Å². The third kappa shape index (κ3) is 3.99. The molecule has 0 aliphatic rings. The van der Waals surface area contributed by atoms with Gasteiger partial charge in [0.15, 0.2) is 5.16 Å². The summed E-state index contributed by atoms with van der Waals surface area (Å²) in [5.41, 5.74) is 5.51. The van der Waals surface area contributed by atoms with Crippen LogP contribution in [0.15, 0.2) is 95.5 Å². The Labute approximate surface area is 195 Å². The SMILES string of the molecule is COc1ccc(-c2cn(-c3ccnc(SC)n3)c3cc(-c4cccc(N=O)c4)ccc23)cc1. The highest BCUT2D eigenvalue weighted by Crippen LogP contribution is 2.36. The van der Waals surface area contributed by atoms with Gasteiger partial charge in [0.05, 0.1) is 12.6 Å². The highest BCUT2D eigenvalue weighted by Gasteiger charge is 2.14. The highest BCUT2D eigenvalue weighted by molar-refractivity contribution is 7.98. The molecule has 33 heavy (non-hydrogen) atoms.